The third-order valence-electron chi connectivity index (χ3n) is 4.47. The fourth-order valence-corrected chi connectivity index (χ4v) is 3.06. The van der Waals surface area contributed by atoms with Crippen molar-refractivity contribution in [1.82, 2.24) is 20.2 Å². The van der Waals surface area contributed by atoms with Gasteiger partial charge in [0.05, 0.1) is 12.2 Å². The summed E-state index contributed by atoms with van der Waals surface area (Å²) >= 11 is 0. The van der Waals surface area contributed by atoms with E-state index in [9.17, 15) is 31.5 Å². The number of hydrogen-bond acceptors (Lipinski definition) is 4. The van der Waals surface area contributed by atoms with Gasteiger partial charge < -0.3 is 10.4 Å². The first-order valence-electron chi connectivity index (χ1n) is 8.66. The zero-order valence-electron chi connectivity index (χ0n) is 15.2. The summed E-state index contributed by atoms with van der Waals surface area (Å²) < 4.78 is 65.2. The fraction of sp³-hybridized carbons (Fsp3) is 0.333. The van der Waals surface area contributed by atoms with Crippen LogP contribution in [0.2, 0.25) is 0 Å². The van der Waals surface area contributed by atoms with Gasteiger partial charge in [-0.15, -0.1) is 0 Å². The Labute approximate surface area is 166 Å². The van der Waals surface area contributed by atoms with Gasteiger partial charge in [-0.1, -0.05) is 0 Å². The number of carbonyl (C=O) groups is 2. The lowest BCUT2D eigenvalue weighted by Gasteiger charge is -2.20. The van der Waals surface area contributed by atoms with E-state index < -0.39 is 48.6 Å². The summed E-state index contributed by atoms with van der Waals surface area (Å²) in [5.41, 5.74) is -0.760. The molecule has 3 heterocycles. The van der Waals surface area contributed by atoms with Crippen molar-refractivity contribution in [2.45, 2.75) is 31.4 Å². The normalized spacial score (nSPS) is 19.0. The topological polar surface area (TPSA) is 95.4 Å². The van der Waals surface area contributed by atoms with Crippen LogP contribution >= 0.6 is 0 Å². The van der Waals surface area contributed by atoms with Gasteiger partial charge in [-0.2, -0.15) is 17.6 Å². The molecule has 3 rings (SSSR count). The summed E-state index contributed by atoms with van der Waals surface area (Å²) in [6.07, 6.45) is -6.90. The second-order valence-corrected chi connectivity index (χ2v) is 6.61. The molecule has 2 N–H and O–H groups in total. The summed E-state index contributed by atoms with van der Waals surface area (Å²) in [5, 5.41) is 11.5. The van der Waals surface area contributed by atoms with E-state index in [1.807, 2.05) is 0 Å². The number of carboxylic acid groups (broad SMARTS) is 1. The van der Waals surface area contributed by atoms with Crippen molar-refractivity contribution in [1.29, 1.82) is 0 Å². The van der Waals surface area contributed by atoms with Crippen molar-refractivity contribution in [2.75, 3.05) is 6.54 Å². The van der Waals surface area contributed by atoms with Crippen LogP contribution in [0.3, 0.4) is 0 Å². The molecule has 1 aliphatic heterocycles. The van der Waals surface area contributed by atoms with Gasteiger partial charge in [0, 0.05) is 24.7 Å². The standard InChI is InChI=1S/C18H15F5N4O3/c19-11-5-13(27(8-11)17(29)30)16(28)25-6-9-3-12(26-15(20)4-9)10-1-2-14(24-7-10)18(21,22)23/h1-4,7,11,13H,5-6,8H2,(H,25,28)(H,29,30)/t11-,13-/m1/s1. The number of hydrogen-bond donors (Lipinski definition) is 2. The highest BCUT2D eigenvalue weighted by molar-refractivity contribution is 5.86. The number of amides is 2. The molecule has 2 amide bonds. The second kappa shape index (κ2) is 8.20. The van der Waals surface area contributed by atoms with Gasteiger partial charge >= 0.3 is 12.3 Å². The monoisotopic (exact) mass is 430 g/mol. The van der Waals surface area contributed by atoms with Crippen molar-refractivity contribution in [3.63, 3.8) is 0 Å². The molecule has 0 spiro atoms. The van der Waals surface area contributed by atoms with Crippen molar-refractivity contribution in [3.8, 4) is 11.3 Å². The van der Waals surface area contributed by atoms with E-state index in [1.54, 1.807) is 0 Å². The number of pyridine rings is 2. The molecule has 0 saturated carbocycles. The smallest absolute Gasteiger partial charge is 0.433 e. The van der Waals surface area contributed by atoms with Gasteiger partial charge in [0.25, 0.3) is 0 Å². The van der Waals surface area contributed by atoms with E-state index in [4.69, 9.17) is 5.11 Å². The highest BCUT2D eigenvalue weighted by atomic mass is 19.4. The number of aromatic nitrogens is 2. The maximum Gasteiger partial charge on any atom is 0.433 e. The summed E-state index contributed by atoms with van der Waals surface area (Å²) in [6, 6.07) is 2.96. The number of nitrogens with one attached hydrogen (secondary N) is 1. The second-order valence-electron chi connectivity index (χ2n) is 6.61. The van der Waals surface area contributed by atoms with E-state index in [0.717, 1.165) is 24.4 Å². The van der Waals surface area contributed by atoms with E-state index >= 15 is 0 Å². The molecule has 1 aliphatic rings. The summed E-state index contributed by atoms with van der Waals surface area (Å²) in [5.74, 6) is -1.68. The van der Waals surface area contributed by atoms with Crippen LogP contribution in [-0.2, 0) is 17.5 Å². The molecule has 7 nitrogen and oxygen atoms in total. The van der Waals surface area contributed by atoms with Crippen LogP contribution < -0.4 is 5.32 Å². The molecular weight excluding hydrogens is 415 g/mol. The first-order valence-corrected chi connectivity index (χ1v) is 8.66. The third kappa shape index (κ3) is 4.81. The Bertz CT molecular complexity index is 952. The van der Waals surface area contributed by atoms with Crippen molar-refractivity contribution in [3.05, 3.63) is 47.7 Å². The Kier molecular flexibility index (Phi) is 5.85. The fourth-order valence-electron chi connectivity index (χ4n) is 3.06. The molecule has 12 heteroatoms. The molecule has 0 aliphatic carbocycles. The Hall–Kier alpha value is -3.31. The van der Waals surface area contributed by atoms with Gasteiger partial charge in [-0.3, -0.25) is 14.7 Å². The zero-order valence-corrected chi connectivity index (χ0v) is 15.2. The molecule has 0 radical (unpaired) electrons. The number of nitrogens with zero attached hydrogens (tertiary/aromatic N) is 3. The highest BCUT2D eigenvalue weighted by Crippen LogP contribution is 2.29. The van der Waals surface area contributed by atoms with Crippen LogP contribution in [0.1, 0.15) is 17.7 Å². The SMILES string of the molecule is O=C(NCc1cc(F)nc(-c2ccc(C(F)(F)F)nc2)c1)[C@H]1C[C@@H](F)CN1C(=O)O. The van der Waals surface area contributed by atoms with Gasteiger partial charge in [0.1, 0.15) is 17.9 Å². The van der Waals surface area contributed by atoms with Crippen LogP contribution in [0, 0.1) is 5.95 Å². The molecule has 1 fully saturated rings. The minimum Gasteiger partial charge on any atom is -0.465 e. The van der Waals surface area contributed by atoms with E-state index in [0.29, 0.717) is 4.90 Å². The molecule has 1 saturated heterocycles. The Morgan fingerprint density at radius 1 is 1.27 bits per heavy atom. The first kappa shape index (κ1) is 21.4. The molecular formula is C18H15F5N4O3. The van der Waals surface area contributed by atoms with E-state index in [-0.39, 0.29) is 29.8 Å². The molecule has 2 aromatic heterocycles. The molecule has 0 unspecified atom stereocenters. The first-order chi connectivity index (χ1) is 14.0. The Morgan fingerprint density at radius 3 is 2.60 bits per heavy atom. The van der Waals surface area contributed by atoms with Gasteiger partial charge in [-0.05, 0) is 29.8 Å². The van der Waals surface area contributed by atoms with Crippen LogP contribution in [0.15, 0.2) is 30.5 Å². The minimum atomic E-state index is -4.62. The number of likely N-dealkylation sites (tertiary alicyclic amines) is 1. The Morgan fingerprint density at radius 2 is 2.00 bits per heavy atom. The lowest BCUT2D eigenvalue weighted by molar-refractivity contribution is -0.141. The van der Waals surface area contributed by atoms with E-state index in [2.05, 4.69) is 15.3 Å². The quantitative estimate of drug-likeness (QED) is 0.575. The maximum atomic E-state index is 13.9. The average Bonchev–Trinajstić information content (AvgIpc) is 3.07. The number of carbonyl (C=O) groups excluding carboxylic acids is 1. The van der Waals surface area contributed by atoms with Crippen LogP contribution in [0.4, 0.5) is 26.7 Å². The van der Waals surface area contributed by atoms with Gasteiger partial charge in [0.15, 0.2) is 0 Å². The predicted molar refractivity (Wildman–Crippen MR) is 92.3 cm³/mol. The molecule has 30 heavy (non-hydrogen) atoms. The van der Waals surface area contributed by atoms with Crippen molar-refractivity contribution < 1.29 is 36.6 Å². The molecule has 0 bridgehead atoms. The maximum absolute atomic E-state index is 13.9. The highest BCUT2D eigenvalue weighted by Gasteiger charge is 2.39. The lowest BCUT2D eigenvalue weighted by Crippen LogP contribution is -2.45. The van der Waals surface area contributed by atoms with Crippen LogP contribution in [0.25, 0.3) is 11.3 Å². The lowest BCUT2D eigenvalue weighted by atomic mass is 10.1. The minimum absolute atomic E-state index is 0.00248. The number of halogens is 5. The Balaban J connectivity index is 1.73. The molecule has 0 aromatic carbocycles. The summed E-state index contributed by atoms with van der Waals surface area (Å²) in [6.45, 7) is -0.636. The van der Waals surface area contributed by atoms with Gasteiger partial charge in [-0.25, -0.2) is 14.2 Å². The zero-order chi connectivity index (χ0) is 22.1. The summed E-state index contributed by atoms with van der Waals surface area (Å²) in [4.78, 5) is 30.9. The largest absolute Gasteiger partial charge is 0.465 e. The predicted octanol–water partition coefficient (Wildman–Crippen LogP) is 3.01. The van der Waals surface area contributed by atoms with Crippen molar-refractivity contribution in [2.24, 2.45) is 0 Å². The number of alkyl halides is 4. The third-order valence-corrected chi connectivity index (χ3v) is 4.47. The molecule has 2 atom stereocenters. The molecule has 160 valence electrons. The summed E-state index contributed by atoms with van der Waals surface area (Å²) in [7, 11) is 0. The average molecular weight is 430 g/mol. The van der Waals surface area contributed by atoms with Crippen molar-refractivity contribution >= 4 is 12.0 Å². The van der Waals surface area contributed by atoms with E-state index in [1.165, 1.54) is 6.07 Å². The van der Waals surface area contributed by atoms with Gasteiger partial charge in [0.2, 0.25) is 11.9 Å². The van der Waals surface area contributed by atoms with Crippen LogP contribution in [0.5, 0.6) is 0 Å². The number of rotatable bonds is 4. The van der Waals surface area contributed by atoms with Crippen LogP contribution in [-0.4, -0.2) is 50.7 Å². The molecule has 2 aromatic rings.